The quantitative estimate of drug-likeness (QED) is 0.866. The van der Waals surface area contributed by atoms with Gasteiger partial charge in [0.2, 0.25) is 0 Å². The molecule has 1 unspecified atom stereocenters. The van der Waals surface area contributed by atoms with E-state index in [1.807, 2.05) is 37.8 Å². The first kappa shape index (κ1) is 12.9. The smallest absolute Gasteiger partial charge is 0.152 e. The monoisotopic (exact) mass is 264 g/mol. The second kappa shape index (κ2) is 4.98. The molecule has 4 nitrogen and oxygen atoms in total. The third kappa shape index (κ3) is 2.48. The van der Waals surface area contributed by atoms with Crippen molar-refractivity contribution in [3.05, 3.63) is 40.4 Å². The Labute approximate surface area is 112 Å². The summed E-state index contributed by atoms with van der Waals surface area (Å²) >= 11 is 6.11. The Balaban J connectivity index is 2.26. The number of halogens is 1. The van der Waals surface area contributed by atoms with Crippen LogP contribution in [0.1, 0.15) is 29.8 Å². The number of pyridine rings is 1. The highest BCUT2D eigenvalue weighted by Crippen LogP contribution is 2.28. The van der Waals surface area contributed by atoms with Gasteiger partial charge < -0.3 is 5.32 Å². The fourth-order valence-electron chi connectivity index (χ4n) is 2.04. The van der Waals surface area contributed by atoms with Crippen molar-refractivity contribution in [2.24, 2.45) is 7.05 Å². The zero-order valence-electron chi connectivity index (χ0n) is 11.0. The number of hydrogen-bond donors (Lipinski definition) is 1. The van der Waals surface area contributed by atoms with Crippen molar-refractivity contribution in [3.8, 4) is 0 Å². The third-order valence-corrected chi connectivity index (χ3v) is 3.28. The molecule has 1 atom stereocenters. The molecule has 2 aromatic rings. The Morgan fingerprint density at radius 2 is 2.11 bits per heavy atom. The maximum Gasteiger partial charge on any atom is 0.152 e. The molecule has 2 aromatic heterocycles. The van der Waals surface area contributed by atoms with Gasteiger partial charge in [-0.15, -0.1) is 0 Å². The van der Waals surface area contributed by atoms with Crippen LogP contribution in [0.25, 0.3) is 0 Å². The van der Waals surface area contributed by atoms with Crippen molar-refractivity contribution < 1.29 is 0 Å². The Morgan fingerprint density at radius 1 is 1.39 bits per heavy atom. The summed E-state index contributed by atoms with van der Waals surface area (Å²) in [4.78, 5) is 4.10. The number of nitrogens with zero attached hydrogens (tertiary/aromatic N) is 3. The molecule has 0 aliphatic carbocycles. The number of anilines is 1. The Morgan fingerprint density at radius 3 is 2.67 bits per heavy atom. The van der Waals surface area contributed by atoms with Crippen molar-refractivity contribution in [1.82, 2.24) is 14.8 Å². The maximum atomic E-state index is 6.11. The van der Waals surface area contributed by atoms with Gasteiger partial charge in [0.15, 0.2) is 5.15 Å². The van der Waals surface area contributed by atoms with Crippen LogP contribution in [0.2, 0.25) is 5.15 Å². The zero-order valence-corrected chi connectivity index (χ0v) is 11.8. The standard InChI is InChI=1S/C13H17ClN4/c1-8-5-6-15-13(14)12(8)16-9(2)11-7-18(4)17-10(11)3/h5-7,9,16H,1-4H3. The van der Waals surface area contributed by atoms with E-state index in [0.717, 1.165) is 22.5 Å². The van der Waals surface area contributed by atoms with Gasteiger partial charge in [-0.2, -0.15) is 5.10 Å². The van der Waals surface area contributed by atoms with E-state index in [2.05, 4.69) is 22.3 Å². The van der Waals surface area contributed by atoms with Gasteiger partial charge in [0.05, 0.1) is 17.4 Å². The van der Waals surface area contributed by atoms with Crippen LogP contribution in [-0.2, 0) is 7.05 Å². The van der Waals surface area contributed by atoms with E-state index in [4.69, 9.17) is 11.6 Å². The van der Waals surface area contributed by atoms with E-state index in [1.165, 1.54) is 0 Å². The summed E-state index contributed by atoms with van der Waals surface area (Å²) in [7, 11) is 1.92. The predicted molar refractivity (Wildman–Crippen MR) is 74.0 cm³/mol. The summed E-state index contributed by atoms with van der Waals surface area (Å²) in [6.07, 6.45) is 3.73. The first-order valence-electron chi connectivity index (χ1n) is 5.87. The summed E-state index contributed by atoms with van der Waals surface area (Å²) < 4.78 is 1.82. The van der Waals surface area contributed by atoms with Crippen molar-refractivity contribution >= 4 is 17.3 Å². The van der Waals surface area contributed by atoms with Crippen LogP contribution in [0, 0.1) is 13.8 Å². The van der Waals surface area contributed by atoms with Gasteiger partial charge in [-0.1, -0.05) is 11.6 Å². The molecule has 18 heavy (non-hydrogen) atoms. The molecule has 2 rings (SSSR count). The number of aryl methyl sites for hydroxylation is 3. The lowest BCUT2D eigenvalue weighted by Crippen LogP contribution is -2.09. The van der Waals surface area contributed by atoms with Crippen molar-refractivity contribution in [3.63, 3.8) is 0 Å². The molecule has 1 N–H and O–H groups in total. The number of hydrogen-bond acceptors (Lipinski definition) is 3. The van der Waals surface area contributed by atoms with Crippen molar-refractivity contribution in [2.75, 3.05) is 5.32 Å². The van der Waals surface area contributed by atoms with Gasteiger partial charge in [-0.05, 0) is 32.4 Å². The van der Waals surface area contributed by atoms with E-state index < -0.39 is 0 Å². The molecule has 0 aliphatic heterocycles. The topological polar surface area (TPSA) is 42.7 Å². The minimum atomic E-state index is 0.138. The predicted octanol–water partition coefficient (Wildman–Crippen LogP) is 3.26. The molecule has 0 fully saturated rings. The van der Waals surface area contributed by atoms with Crippen LogP contribution in [0.5, 0.6) is 0 Å². The first-order valence-corrected chi connectivity index (χ1v) is 6.24. The highest BCUT2D eigenvalue weighted by atomic mass is 35.5. The molecule has 0 aliphatic rings. The normalized spacial score (nSPS) is 12.5. The van der Waals surface area contributed by atoms with Gasteiger partial charge in [0, 0.05) is 25.0 Å². The molecule has 0 amide bonds. The van der Waals surface area contributed by atoms with Crippen molar-refractivity contribution in [2.45, 2.75) is 26.8 Å². The highest BCUT2D eigenvalue weighted by molar-refractivity contribution is 6.32. The average molecular weight is 265 g/mol. The summed E-state index contributed by atoms with van der Waals surface area (Å²) in [5.74, 6) is 0. The third-order valence-electron chi connectivity index (χ3n) is 2.99. The van der Waals surface area contributed by atoms with E-state index in [0.29, 0.717) is 5.15 Å². The van der Waals surface area contributed by atoms with Crippen LogP contribution in [-0.4, -0.2) is 14.8 Å². The van der Waals surface area contributed by atoms with Crippen LogP contribution in [0.4, 0.5) is 5.69 Å². The van der Waals surface area contributed by atoms with Crippen LogP contribution < -0.4 is 5.32 Å². The SMILES string of the molecule is Cc1ccnc(Cl)c1NC(C)c1cn(C)nc1C. The van der Waals surface area contributed by atoms with Crippen molar-refractivity contribution in [1.29, 1.82) is 0 Å². The number of aromatic nitrogens is 3. The highest BCUT2D eigenvalue weighted by Gasteiger charge is 2.14. The van der Waals surface area contributed by atoms with Gasteiger partial charge in [0.1, 0.15) is 0 Å². The van der Waals surface area contributed by atoms with Crippen LogP contribution in [0.15, 0.2) is 18.5 Å². The van der Waals surface area contributed by atoms with E-state index in [9.17, 15) is 0 Å². The number of rotatable bonds is 3. The molecule has 2 heterocycles. The summed E-state index contributed by atoms with van der Waals surface area (Å²) in [5, 5.41) is 8.25. The van der Waals surface area contributed by atoms with E-state index >= 15 is 0 Å². The molecule has 0 saturated heterocycles. The fraction of sp³-hybridized carbons (Fsp3) is 0.385. The van der Waals surface area contributed by atoms with E-state index in [-0.39, 0.29) is 6.04 Å². The fourth-order valence-corrected chi connectivity index (χ4v) is 2.30. The Bertz CT molecular complexity index is 542. The molecular weight excluding hydrogens is 248 g/mol. The number of nitrogens with one attached hydrogen (secondary N) is 1. The molecule has 0 radical (unpaired) electrons. The van der Waals surface area contributed by atoms with Crippen LogP contribution in [0.3, 0.4) is 0 Å². The summed E-state index contributed by atoms with van der Waals surface area (Å²) in [5.41, 5.74) is 4.16. The largest absolute Gasteiger partial charge is 0.376 e. The minimum Gasteiger partial charge on any atom is -0.376 e. The second-order valence-corrected chi connectivity index (χ2v) is 4.86. The minimum absolute atomic E-state index is 0.138. The van der Waals surface area contributed by atoms with Gasteiger partial charge >= 0.3 is 0 Å². The summed E-state index contributed by atoms with van der Waals surface area (Å²) in [6, 6.07) is 2.08. The van der Waals surface area contributed by atoms with E-state index in [1.54, 1.807) is 6.20 Å². The molecule has 0 bridgehead atoms. The molecule has 5 heteroatoms. The molecule has 0 spiro atoms. The van der Waals surface area contributed by atoms with Crippen LogP contribution >= 0.6 is 11.6 Å². The lowest BCUT2D eigenvalue weighted by molar-refractivity contribution is 0.756. The van der Waals surface area contributed by atoms with Gasteiger partial charge in [-0.3, -0.25) is 4.68 Å². The maximum absolute atomic E-state index is 6.11. The molecule has 96 valence electrons. The molecule has 0 aromatic carbocycles. The Kier molecular flexibility index (Phi) is 3.57. The lowest BCUT2D eigenvalue weighted by atomic mass is 10.1. The molecular formula is C13H17ClN4. The van der Waals surface area contributed by atoms with Gasteiger partial charge in [0.25, 0.3) is 0 Å². The summed E-state index contributed by atoms with van der Waals surface area (Å²) in [6.45, 7) is 6.11. The Hall–Kier alpha value is -1.55. The van der Waals surface area contributed by atoms with Gasteiger partial charge in [-0.25, -0.2) is 4.98 Å². The average Bonchev–Trinajstić information content (AvgIpc) is 2.63. The zero-order chi connectivity index (χ0) is 13.3. The second-order valence-electron chi connectivity index (χ2n) is 4.50. The first-order chi connectivity index (χ1) is 8.49. The molecule has 0 saturated carbocycles. The lowest BCUT2D eigenvalue weighted by Gasteiger charge is -2.17.